The Kier molecular flexibility index (Phi) is 9.28. The molecule has 0 saturated heterocycles. The summed E-state index contributed by atoms with van der Waals surface area (Å²) < 4.78 is 5.21. The molecule has 2 aromatic carbocycles. The number of rotatable bonds is 12. The number of ketones is 1. The molecule has 3 aromatic rings. The first kappa shape index (κ1) is 27.7. The third kappa shape index (κ3) is 9.26. The summed E-state index contributed by atoms with van der Waals surface area (Å²) in [7, 11) is -3.13. The van der Waals surface area contributed by atoms with Gasteiger partial charge >= 0.3 is 14.5 Å². The molecule has 3 rings (SSSR count). The van der Waals surface area contributed by atoms with E-state index in [1.54, 1.807) is 62.4 Å². The standard InChI is InChI=1S/C25H32N6O5Si/c1-16(2)36-22(33)19-8-12-21(13-9-19)28-25-30-23(26-14-5-15-37(4,34)35)29-24(31-25)27-20-10-6-18(7-11-20)17(3)32/h6-13,16,34-35H,5,14-15H2,1-4H3,(H3,26,27,28,29,30,31). The van der Waals surface area contributed by atoms with Crippen molar-refractivity contribution >= 4 is 49.5 Å². The molecule has 0 fully saturated rings. The van der Waals surface area contributed by atoms with E-state index < -0.39 is 14.5 Å². The Hall–Kier alpha value is -3.87. The number of Topliss-reactive ketones (excluding diaryl/α,β-unsaturated/α-hetero) is 1. The number of carbonyl (C=O) groups excluding carboxylic acids is 2. The largest absolute Gasteiger partial charge is 0.459 e. The van der Waals surface area contributed by atoms with Gasteiger partial charge in [0.05, 0.1) is 11.7 Å². The number of carbonyl (C=O) groups is 2. The lowest BCUT2D eigenvalue weighted by Gasteiger charge is -2.13. The molecule has 0 aliphatic heterocycles. The average Bonchev–Trinajstić information content (AvgIpc) is 2.81. The van der Waals surface area contributed by atoms with Crippen LogP contribution in [0.25, 0.3) is 0 Å². The molecule has 1 aromatic heterocycles. The summed E-state index contributed by atoms with van der Waals surface area (Å²) in [5, 5.41) is 9.30. The van der Waals surface area contributed by atoms with Gasteiger partial charge in [-0.05, 0) is 88.3 Å². The summed E-state index contributed by atoms with van der Waals surface area (Å²) >= 11 is 0. The van der Waals surface area contributed by atoms with E-state index in [0.29, 0.717) is 41.5 Å². The Morgan fingerprint density at radius 2 is 1.35 bits per heavy atom. The number of ether oxygens (including phenoxy) is 1. The fraction of sp³-hybridized carbons (Fsp3) is 0.320. The Balaban J connectivity index is 1.78. The van der Waals surface area contributed by atoms with Crippen molar-refractivity contribution in [2.24, 2.45) is 0 Å². The lowest BCUT2D eigenvalue weighted by Crippen LogP contribution is -2.30. The van der Waals surface area contributed by atoms with Gasteiger partial charge in [0.15, 0.2) is 5.78 Å². The second kappa shape index (κ2) is 12.4. The van der Waals surface area contributed by atoms with Crippen LogP contribution in [0.2, 0.25) is 12.6 Å². The van der Waals surface area contributed by atoms with Crippen LogP contribution in [-0.4, -0.2) is 57.5 Å². The molecule has 11 nitrogen and oxygen atoms in total. The molecular weight excluding hydrogens is 492 g/mol. The predicted octanol–water partition coefficient (Wildman–Crippen LogP) is 3.99. The highest BCUT2D eigenvalue weighted by Crippen LogP contribution is 2.20. The van der Waals surface area contributed by atoms with Crippen molar-refractivity contribution in [3.63, 3.8) is 0 Å². The minimum Gasteiger partial charge on any atom is -0.459 e. The van der Waals surface area contributed by atoms with Crippen molar-refractivity contribution in [3.05, 3.63) is 59.7 Å². The molecule has 0 aliphatic rings. The highest BCUT2D eigenvalue weighted by Gasteiger charge is 2.20. The van der Waals surface area contributed by atoms with Crippen LogP contribution in [0, 0.1) is 0 Å². The van der Waals surface area contributed by atoms with Crippen LogP contribution in [0.4, 0.5) is 29.2 Å². The first-order chi connectivity index (χ1) is 17.5. The van der Waals surface area contributed by atoms with Crippen molar-refractivity contribution in [3.8, 4) is 0 Å². The normalized spacial score (nSPS) is 11.2. The Morgan fingerprint density at radius 1 is 0.865 bits per heavy atom. The molecule has 0 spiro atoms. The van der Waals surface area contributed by atoms with Gasteiger partial charge in [0.2, 0.25) is 17.8 Å². The number of hydrogen-bond donors (Lipinski definition) is 5. The maximum Gasteiger partial charge on any atom is 0.338 e. The SMILES string of the molecule is CC(=O)c1ccc(Nc2nc(NCCC[Si](C)(O)O)nc(Nc3ccc(C(=O)OC(C)C)cc3)n2)cc1. The number of nitrogens with zero attached hydrogens (tertiary/aromatic N) is 3. The minimum atomic E-state index is -3.13. The number of benzene rings is 2. The highest BCUT2D eigenvalue weighted by atomic mass is 28.4. The molecule has 12 heteroatoms. The maximum absolute atomic E-state index is 12.1. The highest BCUT2D eigenvalue weighted by molar-refractivity contribution is 6.63. The van der Waals surface area contributed by atoms with Crippen LogP contribution in [0.15, 0.2) is 48.5 Å². The van der Waals surface area contributed by atoms with E-state index >= 15 is 0 Å². The first-order valence-electron chi connectivity index (χ1n) is 11.9. The van der Waals surface area contributed by atoms with Crippen molar-refractivity contribution in [1.82, 2.24) is 15.0 Å². The molecule has 0 aliphatic carbocycles. The number of anilines is 5. The lowest BCUT2D eigenvalue weighted by atomic mass is 10.1. The first-order valence-corrected chi connectivity index (χ1v) is 14.5. The second-order valence-electron chi connectivity index (χ2n) is 8.97. The van der Waals surface area contributed by atoms with Gasteiger partial charge < -0.3 is 30.3 Å². The molecule has 0 radical (unpaired) electrons. The second-order valence-corrected chi connectivity index (χ2v) is 11.9. The maximum atomic E-state index is 12.1. The van der Waals surface area contributed by atoms with Gasteiger partial charge in [0.25, 0.3) is 0 Å². The number of hydrogen-bond acceptors (Lipinski definition) is 11. The van der Waals surface area contributed by atoms with Gasteiger partial charge in [-0.25, -0.2) is 4.79 Å². The molecule has 196 valence electrons. The predicted molar refractivity (Wildman–Crippen MR) is 144 cm³/mol. The quantitative estimate of drug-likeness (QED) is 0.101. The lowest BCUT2D eigenvalue weighted by molar-refractivity contribution is 0.0377. The fourth-order valence-corrected chi connectivity index (χ4v) is 4.06. The summed E-state index contributed by atoms with van der Waals surface area (Å²) in [5.74, 6) is 0.368. The van der Waals surface area contributed by atoms with Crippen molar-refractivity contribution in [2.45, 2.75) is 45.9 Å². The number of esters is 1. The molecule has 0 atom stereocenters. The van der Waals surface area contributed by atoms with Crippen molar-refractivity contribution in [2.75, 3.05) is 22.5 Å². The van der Waals surface area contributed by atoms with E-state index in [2.05, 4.69) is 30.9 Å². The summed E-state index contributed by atoms with van der Waals surface area (Å²) in [6.45, 7) is 6.98. The monoisotopic (exact) mass is 524 g/mol. The Morgan fingerprint density at radius 3 is 1.81 bits per heavy atom. The van der Waals surface area contributed by atoms with Gasteiger partial charge in [-0.1, -0.05) is 0 Å². The van der Waals surface area contributed by atoms with Crippen LogP contribution >= 0.6 is 0 Å². The van der Waals surface area contributed by atoms with Crippen LogP contribution in [0.3, 0.4) is 0 Å². The van der Waals surface area contributed by atoms with E-state index in [-0.39, 0.29) is 29.7 Å². The molecule has 1 heterocycles. The van der Waals surface area contributed by atoms with Crippen LogP contribution in [0.5, 0.6) is 0 Å². The van der Waals surface area contributed by atoms with E-state index in [1.807, 2.05) is 0 Å². The van der Waals surface area contributed by atoms with E-state index in [9.17, 15) is 19.2 Å². The average molecular weight is 525 g/mol. The van der Waals surface area contributed by atoms with E-state index in [1.165, 1.54) is 13.5 Å². The molecule has 0 bridgehead atoms. The number of nitrogens with one attached hydrogen (secondary N) is 3. The smallest absolute Gasteiger partial charge is 0.338 e. The van der Waals surface area contributed by atoms with Gasteiger partial charge in [-0.15, -0.1) is 0 Å². The molecular formula is C25H32N6O5Si. The van der Waals surface area contributed by atoms with Crippen LogP contribution < -0.4 is 16.0 Å². The van der Waals surface area contributed by atoms with Crippen LogP contribution in [-0.2, 0) is 4.74 Å². The van der Waals surface area contributed by atoms with Crippen molar-refractivity contribution < 1.29 is 23.9 Å². The van der Waals surface area contributed by atoms with Gasteiger partial charge in [0, 0.05) is 23.5 Å². The zero-order valence-electron chi connectivity index (χ0n) is 21.3. The third-order valence-corrected chi connectivity index (χ3v) is 6.31. The Labute approximate surface area is 216 Å². The number of aromatic nitrogens is 3. The Bertz CT molecular complexity index is 1210. The minimum absolute atomic E-state index is 0.0295. The zero-order chi connectivity index (χ0) is 27.0. The topological polar surface area (TPSA) is 159 Å². The molecule has 0 unspecified atom stereocenters. The van der Waals surface area contributed by atoms with Gasteiger partial charge in [-0.3, -0.25) is 4.79 Å². The summed E-state index contributed by atoms with van der Waals surface area (Å²) in [6.07, 6.45) is 0.324. The fourth-order valence-electron chi connectivity index (χ4n) is 3.21. The summed E-state index contributed by atoms with van der Waals surface area (Å²) in [4.78, 5) is 56.1. The van der Waals surface area contributed by atoms with E-state index in [4.69, 9.17) is 4.74 Å². The van der Waals surface area contributed by atoms with Gasteiger partial charge in [-0.2, -0.15) is 15.0 Å². The van der Waals surface area contributed by atoms with Crippen LogP contribution in [0.1, 0.15) is 47.9 Å². The summed E-state index contributed by atoms with van der Waals surface area (Å²) in [6, 6.07) is 14.0. The zero-order valence-corrected chi connectivity index (χ0v) is 22.3. The molecule has 37 heavy (non-hydrogen) atoms. The molecule has 5 N–H and O–H groups in total. The van der Waals surface area contributed by atoms with E-state index in [0.717, 1.165) is 0 Å². The van der Waals surface area contributed by atoms with Crippen molar-refractivity contribution in [1.29, 1.82) is 0 Å². The van der Waals surface area contributed by atoms with Gasteiger partial charge in [0.1, 0.15) is 0 Å². The third-order valence-electron chi connectivity index (χ3n) is 5.01. The molecule has 0 saturated carbocycles. The summed E-state index contributed by atoms with van der Waals surface area (Å²) in [5.41, 5.74) is 2.35. The molecule has 0 amide bonds.